The molecule has 134 valence electrons. The Balaban J connectivity index is 1.53. The summed E-state index contributed by atoms with van der Waals surface area (Å²) in [4.78, 5) is 28.7. The summed E-state index contributed by atoms with van der Waals surface area (Å²) in [6.07, 6.45) is 2.28. The molecule has 2 atom stereocenters. The van der Waals surface area contributed by atoms with Crippen molar-refractivity contribution in [3.05, 3.63) is 28.8 Å². The molecule has 8 heteroatoms. The number of carbonyl (C=O) groups is 2. The van der Waals surface area contributed by atoms with Crippen molar-refractivity contribution in [2.24, 2.45) is 4.99 Å². The van der Waals surface area contributed by atoms with E-state index in [0.717, 1.165) is 25.0 Å². The van der Waals surface area contributed by atoms with Gasteiger partial charge in [-0.05, 0) is 37.5 Å². The predicted molar refractivity (Wildman–Crippen MR) is 100 cm³/mol. The van der Waals surface area contributed by atoms with E-state index in [-0.39, 0.29) is 24.3 Å². The van der Waals surface area contributed by atoms with Crippen LogP contribution < -0.4 is 10.6 Å². The Kier molecular flexibility index (Phi) is 5.98. The van der Waals surface area contributed by atoms with Gasteiger partial charge in [0.05, 0.1) is 12.6 Å². The molecule has 0 radical (unpaired) electrons. The van der Waals surface area contributed by atoms with Crippen molar-refractivity contribution in [3.63, 3.8) is 0 Å². The van der Waals surface area contributed by atoms with Crippen LogP contribution in [0.5, 0.6) is 0 Å². The molecule has 0 unspecified atom stereocenters. The summed E-state index contributed by atoms with van der Waals surface area (Å²) in [6.45, 7) is 3.16. The lowest BCUT2D eigenvalue weighted by Gasteiger charge is -2.10. The topological polar surface area (TPSA) is 79.8 Å². The lowest BCUT2D eigenvalue weighted by Crippen LogP contribution is -2.28. The predicted octanol–water partition coefficient (Wildman–Crippen LogP) is 2.74. The second-order valence-electron chi connectivity index (χ2n) is 6.04. The van der Waals surface area contributed by atoms with E-state index >= 15 is 0 Å². The summed E-state index contributed by atoms with van der Waals surface area (Å²) in [7, 11) is 0. The Morgan fingerprint density at radius 3 is 3.12 bits per heavy atom. The molecular weight excluding hydrogens is 362 g/mol. The molecule has 2 amide bonds. The minimum atomic E-state index is -0.470. The second kappa shape index (κ2) is 8.21. The smallest absolute Gasteiger partial charge is 0.240 e. The number of thioether (sulfide) groups is 1. The van der Waals surface area contributed by atoms with Crippen LogP contribution in [-0.2, 0) is 14.3 Å². The van der Waals surface area contributed by atoms with Gasteiger partial charge in [-0.3, -0.25) is 14.6 Å². The minimum absolute atomic E-state index is 0.0847. The number of rotatable bonds is 5. The molecule has 2 aliphatic heterocycles. The van der Waals surface area contributed by atoms with Crippen molar-refractivity contribution in [2.45, 2.75) is 37.5 Å². The number of benzene rings is 1. The summed E-state index contributed by atoms with van der Waals surface area (Å²) in [5.74, 6) is -0.410. The van der Waals surface area contributed by atoms with Crippen LogP contribution in [0.3, 0.4) is 0 Å². The van der Waals surface area contributed by atoms with Crippen LogP contribution in [0.2, 0.25) is 5.02 Å². The highest BCUT2D eigenvalue weighted by Crippen LogP contribution is 2.26. The average molecular weight is 382 g/mol. The van der Waals surface area contributed by atoms with Crippen LogP contribution in [0, 0.1) is 6.92 Å². The van der Waals surface area contributed by atoms with Crippen LogP contribution >= 0.6 is 23.4 Å². The average Bonchev–Trinajstić information content (AvgIpc) is 3.20. The highest BCUT2D eigenvalue weighted by Gasteiger charge is 2.32. The van der Waals surface area contributed by atoms with E-state index in [2.05, 4.69) is 15.6 Å². The summed E-state index contributed by atoms with van der Waals surface area (Å²) < 4.78 is 5.51. The number of ether oxygens (including phenoxy) is 1. The zero-order valence-corrected chi connectivity index (χ0v) is 15.5. The Morgan fingerprint density at radius 2 is 2.36 bits per heavy atom. The number of aliphatic imine (C=N–C) groups is 1. The molecule has 6 nitrogen and oxygen atoms in total. The Hall–Kier alpha value is -1.57. The summed E-state index contributed by atoms with van der Waals surface area (Å²) in [6, 6.07) is 5.33. The van der Waals surface area contributed by atoms with E-state index in [4.69, 9.17) is 16.3 Å². The quantitative estimate of drug-likeness (QED) is 0.821. The first-order valence-corrected chi connectivity index (χ1v) is 9.47. The molecule has 1 aromatic carbocycles. The Labute approximate surface area is 155 Å². The monoisotopic (exact) mass is 381 g/mol. The van der Waals surface area contributed by atoms with Crippen molar-refractivity contribution in [1.82, 2.24) is 5.32 Å². The molecule has 1 aromatic rings. The lowest BCUT2D eigenvalue weighted by molar-refractivity contribution is -0.122. The number of hydrogen-bond donors (Lipinski definition) is 2. The van der Waals surface area contributed by atoms with E-state index in [9.17, 15) is 9.59 Å². The maximum atomic E-state index is 12.2. The van der Waals surface area contributed by atoms with Gasteiger partial charge in [0.25, 0.3) is 0 Å². The first-order valence-electron chi connectivity index (χ1n) is 8.21. The maximum Gasteiger partial charge on any atom is 0.240 e. The lowest BCUT2D eigenvalue weighted by atomic mass is 10.2. The highest BCUT2D eigenvalue weighted by atomic mass is 35.5. The van der Waals surface area contributed by atoms with Gasteiger partial charge in [0.15, 0.2) is 5.17 Å². The SMILES string of the molecule is Cc1c(Cl)cccc1NC(=O)C[C@@H]1SC(=NC[C@H]2CCCO2)NC1=O. The molecule has 2 heterocycles. The number of anilines is 1. The van der Waals surface area contributed by atoms with E-state index in [1.807, 2.05) is 6.92 Å². The normalized spacial score (nSPS) is 24.6. The number of nitrogens with zero attached hydrogens (tertiary/aromatic N) is 1. The van der Waals surface area contributed by atoms with Gasteiger partial charge in [-0.15, -0.1) is 0 Å². The number of amidine groups is 1. The van der Waals surface area contributed by atoms with Gasteiger partial charge >= 0.3 is 0 Å². The van der Waals surface area contributed by atoms with Gasteiger partial charge < -0.3 is 15.4 Å². The highest BCUT2D eigenvalue weighted by molar-refractivity contribution is 8.15. The van der Waals surface area contributed by atoms with Crippen LogP contribution in [0.15, 0.2) is 23.2 Å². The molecule has 2 saturated heterocycles. The second-order valence-corrected chi connectivity index (χ2v) is 7.64. The van der Waals surface area contributed by atoms with E-state index in [1.54, 1.807) is 18.2 Å². The third-order valence-electron chi connectivity index (χ3n) is 4.15. The minimum Gasteiger partial charge on any atom is -0.376 e. The fraction of sp³-hybridized carbons (Fsp3) is 0.471. The Morgan fingerprint density at radius 1 is 1.52 bits per heavy atom. The summed E-state index contributed by atoms with van der Waals surface area (Å²) in [5.41, 5.74) is 1.47. The summed E-state index contributed by atoms with van der Waals surface area (Å²) in [5, 5.41) is 6.24. The molecule has 25 heavy (non-hydrogen) atoms. The van der Waals surface area contributed by atoms with Crippen molar-refractivity contribution in [2.75, 3.05) is 18.5 Å². The number of nitrogens with one attached hydrogen (secondary N) is 2. The molecule has 0 spiro atoms. The van der Waals surface area contributed by atoms with E-state index in [1.165, 1.54) is 11.8 Å². The molecule has 2 aliphatic rings. The van der Waals surface area contributed by atoms with Gasteiger partial charge in [-0.1, -0.05) is 29.4 Å². The standard InChI is InChI=1S/C17H20ClN3O3S/c1-10-12(18)5-2-6-13(10)20-15(22)8-14-16(23)21-17(25-14)19-9-11-4-3-7-24-11/h2,5-6,11,14H,3-4,7-9H2,1H3,(H,20,22)(H,19,21,23)/t11-,14+/m1/s1. The first kappa shape index (κ1) is 18.2. The number of amides is 2. The fourth-order valence-electron chi connectivity index (χ4n) is 2.70. The maximum absolute atomic E-state index is 12.2. The first-order chi connectivity index (χ1) is 12.0. The molecule has 0 saturated carbocycles. The van der Waals surface area contributed by atoms with Crippen molar-refractivity contribution in [1.29, 1.82) is 0 Å². The van der Waals surface area contributed by atoms with Crippen LogP contribution in [-0.4, -0.2) is 41.5 Å². The zero-order valence-electron chi connectivity index (χ0n) is 13.9. The van der Waals surface area contributed by atoms with Gasteiger partial charge in [0, 0.05) is 23.7 Å². The third-order valence-corrected chi connectivity index (χ3v) is 5.68. The van der Waals surface area contributed by atoms with Crippen molar-refractivity contribution < 1.29 is 14.3 Å². The van der Waals surface area contributed by atoms with E-state index < -0.39 is 5.25 Å². The molecule has 3 rings (SSSR count). The molecule has 2 fully saturated rings. The largest absolute Gasteiger partial charge is 0.376 e. The number of halogens is 1. The van der Waals surface area contributed by atoms with Gasteiger partial charge in [0.1, 0.15) is 5.25 Å². The zero-order chi connectivity index (χ0) is 17.8. The van der Waals surface area contributed by atoms with Crippen molar-refractivity contribution in [3.8, 4) is 0 Å². The van der Waals surface area contributed by atoms with Gasteiger partial charge in [-0.2, -0.15) is 0 Å². The third kappa shape index (κ3) is 4.74. The molecule has 0 bridgehead atoms. The number of carbonyl (C=O) groups excluding carboxylic acids is 2. The van der Waals surface area contributed by atoms with E-state index in [0.29, 0.717) is 22.4 Å². The number of hydrogen-bond acceptors (Lipinski definition) is 5. The van der Waals surface area contributed by atoms with Gasteiger partial charge in [0.2, 0.25) is 11.8 Å². The Bertz CT molecular complexity index is 704. The molecular formula is C17H20ClN3O3S. The molecule has 2 N–H and O–H groups in total. The van der Waals surface area contributed by atoms with Crippen LogP contribution in [0.25, 0.3) is 0 Å². The van der Waals surface area contributed by atoms with Crippen LogP contribution in [0.4, 0.5) is 5.69 Å². The van der Waals surface area contributed by atoms with Crippen molar-refractivity contribution >= 4 is 46.0 Å². The van der Waals surface area contributed by atoms with Gasteiger partial charge in [-0.25, -0.2) is 0 Å². The molecule has 0 aromatic heterocycles. The van der Waals surface area contributed by atoms with Crippen LogP contribution in [0.1, 0.15) is 24.8 Å². The molecule has 0 aliphatic carbocycles. The summed E-state index contributed by atoms with van der Waals surface area (Å²) >= 11 is 7.35. The fourth-order valence-corrected chi connectivity index (χ4v) is 3.85.